The molecular formula is C18H23N3O5. The molecule has 1 aromatic rings. The zero-order chi connectivity index (χ0) is 18.5. The van der Waals surface area contributed by atoms with Crippen molar-refractivity contribution in [1.82, 2.24) is 9.80 Å². The van der Waals surface area contributed by atoms with Crippen LogP contribution in [0.2, 0.25) is 0 Å². The van der Waals surface area contributed by atoms with Crippen molar-refractivity contribution in [2.75, 3.05) is 32.8 Å². The second kappa shape index (κ2) is 8.16. The molecule has 140 valence electrons. The summed E-state index contributed by atoms with van der Waals surface area (Å²) in [5.74, 6) is 0.0826. The summed E-state index contributed by atoms with van der Waals surface area (Å²) in [5.41, 5.74) is -0.157. The van der Waals surface area contributed by atoms with E-state index < -0.39 is 4.92 Å². The zero-order valence-electron chi connectivity index (χ0n) is 14.6. The van der Waals surface area contributed by atoms with E-state index in [1.165, 1.54) is 12.1 Å². The largest absolute Gasteiger partial charge is 0.477 e. The molecule has 2 saturated heterocycles. The number of nitrogens with zero attached hydrogens (tertiary/aromatic N) is 3. The highest BCUT2D eigenvalue weighted by molar-refractivity contribution is 5.81. The SMILES string of the molecule is O=C(COc1ccccc1[N+](=O)[O-])N1CCC(C(=O)N2CCCC2)CC1. The van der Waals surface area contributed by atoms with E-state index in [0.717, 1.165) is 25.9 Å². The van der Waals surface area contributed by atoms with Crippen LogP contribution < -0.4 is 4.74 Å². The Hall–Kier alpha value is -2.64. The van der Waals surface area contributed by atoms with Crippen molar-refractivity contribution in [2.24, 2.45) is 5.92 Å². The van der Waals surface area contributed by atoms with Gasteiger partial charge in [-0.25, -0.2) is 0 Å². The quantitative estimate of drug-likeness (QED) is 0.589. The third-order valence-electron chi connectivity index (χ3n) is 5.03. The summed E-state index contributed by atoms with van der Waals surface area (Å²) in [6.45, 7) is 2.49. The predicted octanol–water partition coefficient (Wildman–Crippen LogP) is 1.83. The summed E-state index contributed by atoms with van der Waals surface area (Å²) >= 11 is 0. The average Bonchev–Trinajstić information content (AvgIpc) is 3.20. The fourth-order valence-corrected chi connectivity index (χ4v) is 3.53. The number of likely N-dealkylation sites (tertiary alicyclic amines) is 2. The van der Waals surface area contributed by atoms with Crippen LogP contribution in [0, 0.1) is 16.0 Å². The number of hydrogen-bond acceptors (Lipinski definition) is 5. The van der Waals surface area contributed by atoms with Gasteiger partial charge in [-0.1, -0.05) is 12.1 Å². The Labute approximate surface area is 151 Å². The number of piperidine rings is 1. The van der Waals surface area contributed by atoms with Crippen LogP contribution >= 0.6 is 0 Å². The topological polar surface area (TPSA) is 93.0 Å². The highest BCUT2D eigenvalue weighted by Gasteiger charge is 2.31. The Balaban J connectivity index is 1.48. The number of nitro groups is 1. The van der Waals surface area contributed by atoms with Crippen molar-refractivity contribution in [3.63, 3.8) is 0 Å². The minimum absolute atomic E-state index is 0.00622. The number of para-hydroxylation sites is 2. The summed E-state index contributed by atoms with van der Waals surface area (Å²) in [4.78, 5) is 38.8. The van der Waals surface area contributed by atoms with Crippen molar-refractivity contribution >= 4 is 17.5 Å². The van der Waals surface area contributed by atoms with Crippen molar-refractivity contribution in [3.8, 4) is 5.75 Å². The smallest absolute Gasteiger partial charge is 0.310 e. The zero-order valence-corrected chi connectivity index (χ0v) is 14.6. The third kappa shape index (κ3) is 4.12. The van der Waals surface area contributed by atoms with Gasteiger partial charge < -0.3 is 14.5 Å². The Morgan fingerprint density at radius 3 is 2.38 bits per heavy atom. The van der Waals surface area contributed by atoms with E-state index in [-0.39, 0.29) is 35.8 Å². The lowest BCUT2D eigenvalue weighted by Crippen LogP contribution is -2.45. The number of carbonyl (C=O) groups is 2. The van der Waals surface area contributed by atoms with Gasteiger partial charge in [0.05, 0.1) is 4.92 Å². The van der Waals surface area contributed by atoms with Crippen molar-refractivity contribution in [1.29, 1.82) is 0 Å². The maximum Gasteiger partial charge on any atom is 0.310 e. The molecule has 2 heterocycles. The molecule has 2 fully saturated rings. The lowest BCUT2D eigenvalue weighted by molar-refractivity contribution is -0.385. The van der Waals surface area contributed by atoms with Gasteiger partial charge in [-0.05, 0) is 31.7 Å². The minimum Gasteiger partial charge on any atom is -0.477 e. The fraction of sp³-hybridized carbons (Fsp3) is 0.556. The van der Waals surface area contributed by atoms with Crippen LogP contribution in [0.4, 0.5) is 5.69 Å². The second-order valence-electron chi connectivity index (χ2n) is 6.70. The average molecular weight is 361 g/mol. The molecule has 2 aliphatic rings. The monoisotopic (exact) mass is 361 g/mol. The highest BCUT2D eigenvalue weighted by atomic mass is 16.6. The molecule has 0 radical (unpaired) electrons. The van der Waals surface area contributed by atoms with Gasteiger partial charge in [0, 0.05) is 38.2 Å². The molecule has 0 unspecified atom stereocenters. The standard InChI is InChI=1S/C18H23N3O5/c22-17(13-26-16-6-2-1-5-15(16)21(24)25)19-11-7-14(8-12-19)18(23)20-9-3-4-10-20/h1-2,5-6,14H,3-4,7-13H2. The highest BCUT2D eigenvalue weighted by Crippen LogP contribution is 2.26. The maximum absolute atomic E-state index is 12.4. The molecular weight excluding hydrogens is 338 g/mol. The predicted molar refractivity (Wildman–Crippen MR) is 93.7 cm³/mol. The lowest BCUT2D eigenvalue weighted by atomic mass is 9.95. The van der Waals surface area contributed by atoms with E-state index in [9.17, 15) is 19.7 Å². The van der Waals surface area contributed by atoms with Crippen LogP contribution in [0.3, 0.4) is 0 Å². The van der Waals surface area contributed by atoms with Gasteiger partial charge >= 0.3 is 5.69 Å². The van der Waals surface area contributed by atoms with Crippen molar-refractivity contribution in [2.45, 2.75) is 25.7 Å². The molecule has 0 bridgehead atoms. The first-order valence-corrected chi connectivity index (χ1v) is 8.99. The van der Waals surface area contributed by atoms with Crippen LogP contribution in [0.25, 0.3) is 0 Å². The van der Waals surface area contributed by atoms with Gasteiger partial charge in [0.25, 0.3) is 5.91 Å². The molecule has 8 heteroatoms. The van der Waals surface area contributed by atoms with E-state index in [4.69, 9.17) is 4.74 Å². The molecule has 26 heavy (non-hydrogen) atoms. The molecule has 0 aliphatic carbocycles. The van der Waals surface area contributed by atoms with E-state index in [2.05, 4.69) is 0 Å². The molecule has 0 atom stereocenters. The molecule has 8 nitrogen and oxygen atoms in total. The number of rotatable bonds is 5. The maximum atomic E-state index is 12.4. The van der Waals surface area contributed by atoms with E-state index in [0.29, 0.717) is 25.9 Å². The first-order chi connectivity index (χ1) is 12.6. The van der Waals surface area contributed by atoms with Gasteiger partial charge in [-0.15, -0.1) is 0 Å². The first-order valence-electron chi connectivity index (χ1n) is 8.99. The summed E-state index contributed by atoms with van der Waals surface area (Å²) < 4.78 is 5.36. The van der Waals surface area contributed by atoms with Crippen molar-refractivity contribution < 1.29 is 19.2 Å². The van der Waals surface area contributed by atoms with Crippen LogP contribution in [0.1, 0.15) is 25.7 Å². The third-order valence-corrected chi connectivity index (χ3v) is 5.03. The number of nitro benzene ring substituents is 1. The molecule has 3 rings (SSSR count). The molecule has 0 saturated carbocycles. The second-order valence-corrected chi connectivity index (χ2v) is 6.70. The number of ether oxygens (including phenoxy) is 1. The molecule has 0 spiro atoms. The normalized spacial score (nSPS) is 18.0. The fourth-order valence-electron chi connectivity index (χ4n) is 3.53. The van der Waals surface area contributed by atoms with Crippen LogP contribution in [0.5, 0.6) is 5.75 Å². The summed E-state index contributed by atoms with van der Waals surface area (Å²) in [7, 11) is 0. The van der Waals surface area contributed by atoms with Crippen LogP contribution in [-0.2, 0) is 9.59 Å². The molecule has 0 aromatic heterocycles. The molecule has 2 aliphatic heterocycles. The van der Waals surface area contributed by atoms with Gasteiger partial charge in [-0.3, -0.25) is 19.7 Å². The van der Waals surface area contributed by atoms with Crippen molar-refractivity contribution in [3.05, 3.63) is 34.4 Å². The number of amides is 2. The number of carbonyl (C=O) groups excluding carboxylic acids is 2. The van der Waals surface area contributed by atoms with Gasteiger partial charge in [-0.2, -0.15) is 0 Å². The van der Waals surface area contributed by atoms with Gasteiger partial charge in [0.15, 0.2) is 12.4 Å². The first kappa shape index (κ1) is 18.2. The summed E-state index contributed by atoms with van der Waals surface area (Å²) in [5, 5.41) is 11.0. The lowest BCUT2D eigenvalue weighted by Gasteiger charge is -2.33. The van der Waals surface area contributed by atoms with E-state index in [1.807, 2.05) is 4.90 Å². The van der Waals surface area contributed by atoms with Gasteiger partial charge in [0.2, 0.25) is 5.91 Å². The minimum atomic E-state index is -0.532. The number of benzene rings is 1. The Bertz CT molecular complexity index is 679. The van der Waals surface area contributed by atoms with Gasteiger partial charge in [0.1, 0.15) is 0 Å². The van der Waals surface area contributed by atoms with Crippen LogP contribution in [-0.4, -0.2) is 59.3 Å². The number of hydrogen-bond donors (Lipinski definition) is 0. The van der Waals surface area contributed by atoms with E-state index in [1.54, 1.807) is 17.0 Å². The molecule has 1 aromatic carbocycles. The Morgan fingerprint density at radius 2 is 1.73 bits per heavy atom. The Kier molecular flexibility index (Phi) is 5.70. The summed E-state index contributed by atoms with van der Waals surface area (Å²) in [6, 6.07) is 6.00. The summed E-state index contributed by atoms with van der Waals surface area (Å²) in [6.07, 6.45) is 3.47. The molecule has 2 amide bonds. The van der Waals surface area contributed by atoms with E-state index >= 15 is 0 Å². The Morgan fingerprint density at radius 1 is 1.08 bits per heavy atom. The molecule has 0 N–H and O–H groups in total. The van der Waals surface area contributed by atoms with Crippen LogP contribution in [0.15, 0.2) is 24.3 Å².